The van der Waals surface area contributed by atoms with E-state index in [0.29, 0.717) is 6.04 Å². The second-order valence-corrected chi connectivity index (χ2v) is 5.25. The van der Waals surface area contributed by atoms with Crippen molar-refractivity contribution < 1.29 is 0 Å². The van der Waals surface area contributed by atoms with Crippen molar-refractivity contribution in [3.8, 4) is 0 Å². The van der Waals surface area contributed by atoms with Gasteiger partial charge in [-0.25, -0.2) is 0 Å². The van der Waals surface area contributed by atoms with Crippen molar-refractivity contribution in [2.24, 2.45) is 0 Å². The number of hydrogen-bond acceptors (Lipinski definition) is 3. The Bertz CT molecular complexity index is 213. The Balaban J connectivity index is 1.63. The van der Waals surface area contributed by atoms with Crippen LogP contribution in [-0.2, 0) is 0 Å². The number of thiocarbonyl (C=S) groups is 1. The third-order valence-electron chi connectivity index (χ3n) is 3.59. The van der Waals surface area contributed by atoms with Gasteiger partial charge < -0.3 is 10.2 Å². The molecule has 1 N–H and O–H groups in total. The average molecular weight is 212 g/mol. The molecule has 0 spiro atoms. The molecule has 1 atom stereocenters. The Morgan fingerprint density at radius 2 is 2.29 bits per heavy atom. The van der Waals surface area contributed by atoms with Crippen LogP contribution in [0.2, 0.25) is 0 Å². The van der Waals surface area contributed by atoms with Crippen molar-refractivity contribution in [2.75, 3.05) is 20.1 Å². The van der Waals surface area contributed by atoms with Crippen LogP contribution in [0.5, 0.6) is 0 Å². The summed E-state index contributed by atoms with van der Waals surface area (Å²) in [5, 5.41) is 3.47. The minimum absolute atomic E-state index is 0.657. The van der Waals surface area contributed by atoms with Gasteiger partial charge in [-0.1, -0.05) is 18.6 Å². The van der Waals surface area contributed by atoms with E-state index in [1.165, 1.54) is 37.1 Å². The molecule has 1 saturated heterocycles. The minimum Gasteiger partial charge on any atom is -0.309 e. The Hall–Kier alpha value is 0.01000. The first-order valence-electron chi connectivity index (χ1n) is 5.71. The summed E-state index contributed by atoms with van der Waals surface area (Å²) in [6.45, 7) is 2.19. The molecule has 1 heterocycles. The van der Waals surface area contributed by atoms with Gasteiger partial charge in [-0.05, 0) is 39.3 Å². The molecule has 0 radical (unpaired) electrons. The van der Waals surface area contributed by atoms with E-state index in [0.717, 1.165) is 19.0 Å². The summed E-state index contributed by atoms with van der Waals surface area (Å²) in [6.07, 6.45) is 6.63. The molecule has 0 aromatic rings. The Morgan fingerprint density at radius 1 is 1.50 bits per heavy atom. The van der Waals surface area contributed by atoms with Crippen molar-refractivity contribution in [2.45, 2.75) is 44.2 Å². The number of nitrogens with one attached hydrogen (secondary N) is 1. The second kappa shape index (κ2) is 4.69. The standard InChI is InChI=1S/C11H20N2S/c1-13(10-3-2-4-10)6-5-9-7-11(14)8-12-9/h9-10,12H,2-8H2,1H3. The zero-order valence-electron chi connectivity index (χ0n) is 8.96. The minimum atomic E-state index is 0.657. The molecule has 0 bridgehead atoms. The predicted molar refractivity (Wildman–Crippen MR) is 63.9 cm³/mol. The molecular weight excluding hydrogens is 192 g/mol. The summed E-state index contributed by atoms with van der Waals surface area (Å²) in [6, 6.07) is 1.54. The van der Waals surface area contributed by atoms with Gasteiger partial charge in [0.25, 0.3) is 0 Å². The molecule has 0 amide bonds. The van der Waals surface area contributed by atoms with Gasteiger partial charge in [0, 0.05) is 23.5 Å². The van der Waals surface area contributed by atoms with Crippen LogP contribution >= 0.6 is 12.2 Å². The molecule has 1 aliphatic heterocycles. The first kappa shape index (κ1) is 10.5. The number of hydrogen-bond donors (Lipinski definition) is 1. The Kier molecular flexibility index (Phi) is 3.52. The molecule has 0 aromatic carbocycles. The highest BCUT2D eigenvalue weighted by Crippen LogP contribution is 2.23. The van der Waals surface area contributed by atoms with E-state index in [1.54, 1.807) is 0 Å². The molecule has 14 heavy (non-hydrogen) atoms. The van der Waals surface area contributed by atoms with E-state index in [4.69, 9.17) is 12.2 Å². The van der Waals surface area contributed by atoms with Crippen LogP contribution in [0.4, 0.5) is 0 Å². The fourth-order valence-corrected chi connectivity index (χ4v) is 2.54. The largest absolute Gasteiger partial charge is 0.309 e. The number of nitrogens with zero attached hydrogens (tertiary/aromatic N) is 1. The van der Waals surface area contributed by atoms with Crippen LogP contribution in [0, 0.1) is 0 Å². The van der Waals surface area contributed by atoms with Gasteiger partial charge in [0.2, 0.25) is 0 Å². The third-order valence-corrected chi connectivity index (χ3v) is 3.90. The lowest BCUT2D eigenvalue weighted by molar-refractivity contribution is 0.154. The fraction of sp³-hybridized carbons (Fsp3) is 0.909. The lowest BCUT2D eigenvalue weighted by atomic mass is 9.91. The lowest BCUT2D eigenvalue weighted by Crippen LogP contribution is -2.39. The molecule has 2 aliphatic rings. The molecule has 0 aromatic heterocycles. The van der Waals surface area contributed by atoms with Crippen LogP contribution in [0.3, 0.4) is 0 Å². The van der Waals surface area contributed by atoms with Crippen LogP contribution in [0.15, 0.2) is 0 Å². The quantitative estimate of drug-likeness (QED) is 0.713. The van der Waals surface area contributed by atoms with Crippen molar-refractivity contribution in [1.29, 1.82) is 0 Å². The number of rotatable bonds is 4. The lowest BCUT2D eigenvalue weighted by Gasteiger charge is -2.35. The monoisotopic (exact) mass is 212 g/mol. The van der Waals surface area contributed by atoms with Gasteiger partial charge in [0.1, 0.15) is 0 Å². The van der Waals surface area contributed by atoms with Crippen LogP contribution in [-0.4, -0.2) is 42.0 Å². The average Bonchev–Trinajstić information content (AvgIpc) is 2.45. The van der Waals surface area contributed by atoms with E-state index < -0.39 is 0 Å². The maximum absolute atomic E-state index is 5.19. The highest BCUT2D eigenvalue weighted by Gasteiger charge is 2.23. The van der Waals surface area contributed by atoms with Crippen molar-refractivity contribution in [1.82, 2.24) is 10.2 Å². The van der Waals surface area contributed by atoms with Crippen molar-refractivity contribution in [3.05, 3.63) is 0 Å². The van der Waals surface area contributed by atoms with E-state index >= 15 is 0 Å². The van der Waals surface area contributed by atoms with Gasteiger partial charge in [0.15, 0.2) is 0 Å². The summed E-state index contributed by atoms with van der Waals surface area (Å²) >= 11 is 5.19. The van der Waals surface area contributed by atoms with Crippen molar-refractivity contribution in [3.63, 3.8) is 0 Å². The normalized spacial score (nSPS) is 28.4. The molecule has 3 heteroatoms. The van der Waals surface area contributed by atoms with Gasteiger partial charge >= 0.3 is 0 Å². The van der Waals surface area contributed by atoms with E-state index in [9.17, 15) is 0 Å². The molecule has 2 nitrogen and oxygen atoms in total. The van der Waals surface area contributed by atoms with Crippen LogP contribution in [0.1, 0.15) is 32.1 Å². The molecule has 2 rings (SSSR count). The highest BCUT2D eigenvalue weighted by atomic mass is 32.1. The second-order valence-electron chi connectivity index (χ2n) is 4.67. The molecular formula is C11H20N2S. The van der Waals surface area contributed by atoms with E-state index in [1.807, 2.05) is 0 Å². The summed E-state index contributed by atoms with van der Waals surface area (Å²) in [5.41, 5.74) is 0. The summed E-state index contributed by atoms with van der Waals surface area (Å²) in [4.78, 5) is 3.73. The molecule has 1 unspecified atom stereocenters. The summed E-state index contributed by atoms with van der Waals surface area (Å²) in [5.74, 6) is 0. The zero-order valence-corrected chi connectivity index (χ0v) is 9.78. The van der Waals surface area contributed by atoms with Crippen molar-refractivity contribution >= 4 is 17.1 Å². The topological polar surface area (TPSA) is 15.3 Å². The summed E-state index contributed by atoms with van der Waals surface area (Å²) in [7, 11) is 2.26. The predicted octanol–water partition coefficient (Wildman–Crippen LogP) is 1.59. The molecule has 2 fully saturated rings. The van der Waals surface area contributed by atoms with Gasteiger partial charge in [-0.15, -0.1) is 0 Å². The van der Waals surface area contributed by atoms with Gasteiger partial charge in [-0.2, -0.15) is 0 Å². The zero-order chi connectivity index (χ0) is 9.97. The highest BCUT2D eigenvalue weighted by molar-refractivity contribution is 7.80. The van der Waals surface area contributed by atoms with Gasteiger partial charge in [0.05, 0.1) is 0 Å². The van der Waals surface area contributed by atoms with Crippen LogP contribution in [0.25, 0.3) is 0 Å². The van der Waals surface area contributed by atoms with Gasteiger partial charge in [-0.3, -0.25) is 0 Å². The van der Waals surface area contributed by atoms with E-state index in [-0.39, 0.29) is 0 Å². The SMILES string of the molecule is CN(CCC1CC(=S)CN1)C1CCC1. The van der Waals surface area contributed by atoms with E-state index in [2.05, 4.69) is 17.3 Å². The third kappa shape index (κ3) is 2.53. The van der Waals surface area contributed by atoms with Crippen LogP contribution < -0.4 is 5.32 Å². The summed E-state index contributed by atoms with van der Waals surface area (Å²) < 4.78 is 0. The molecule has 80 valence electrons. The Morgan fingerprint density at radius 3 is 2.79 bits per heavy atom. The first-order valence-corrected chi connectivity index (χ1v) is 6.12. The smallest absolute Gasteiger partial charge is 0.0272 e. The Labute approximate surface area is 92.0 Å². The molecule has 1 saturated carbocycles. The molecule has 1 aliphatic carbocycles. The fourth-order valence-electron chi connectivity index (χ4n) is 2.25. The maximum Gasteiger partial charge on any atom is 0.0272 e. The maximum atomic E-state index is 5.19. The first-order chi connectivity index (χ1) is 6.75.